The Morgan fingerprint density at radius 1 is 1.26 bits per heavy atom. The van der Waals surface area contributed by atoms with E-state index >= 15 is 0 Å². The molecule has 0 atom stereocenters. The fourth-order valence-corrected chi connectivity index (χ4v) is 3.00. The van der Waals surface area contributed by atoms with Gasteiger partial charge < -0.3 is 4.90 Å². The van der Waals surface area contributed by atoms with Gasteiger partial charge >= 0.3 is 0 Å². The molecule has 98 valence electrons. The van der Waals surface area contributed by atoms with Crippen molar-refractivity contribution in [3.8, 4) is 6.07 Å². The average Bonchev–Trinajstić information content (AvgIpc) is 3.17. The smallest absolute Gasteiger partial charge is 0.226 e. The topological polar surface area (TPSA) is 44.1 Å². The molecule has 1 saturated carbocycles. The van der Waals surface area contributed by atoms with Crippen LogP contribution in [0.1, 0.15) is 30.4 Å². The maximum atomic E-state index is 12.6. The van der Waals surface area contributed by atoms with Gasteiger partial charge in [-0.15, -0.1) is 0 Å². The maximum Gasteiger partial charge on any atom is 0.226 e. The first kappa shape index (κ1) is 12.2. The average molecular weight is 254 g/mol. The molecule has 0 N–H and O–H groups in total. The van der Waals surface area contributed by atoms with Crippen molar-refractivity contribution < 1.29 is 4.79 Å². The number of hydrogen-bond acceptors (Lipinski definition) is 2. The fourth-order valence-electron chi connectivity index (χ4n) is 3.00. The minimum atomic E-state index is 0.0942. The van der Waals surface area contributed by atoms with E-state index in [2.05, 4.69) is 18.2 Å². The van der Waals surface area contributed by atoms with Gasteiger partial charge in [0, 0.05) is 18.5 Å². The number of benzene rings is 1. The molecule has 1 amide bonds. The highest BCUT2D eigenvalue weighted by Crippen LogP contribution is 2.32. The van der Waals surface area contributed by atoms with Crippen LogP contribution < -0.4 is 0 Å². The molecule has 0 aromatic heterocycles. The molecule has 0 bridgehead atoms. The van der Waals surface area contributed by atoms with Crippen molar-refractivity contribution in [2.45, 2.75) is 38.1 Å². The number of nitrogens with zero attached hydrogens (tertiary/aromatic N) is 2. The quantitative estimate of drug-likeness (QED) is 0.827. The second-order valence-electron chi connectivity index (χ2n) is 5.54. The van der Waals surface area contributed by atoms with Crippen molar-refractivity contribution in [1.82, 2.24) is 4.90 Å². The molecule has 0 spiro atoms. The summed E-state index contributed by atoms with van der Waals surface area (Å²) in [6, 6.07) is 10.9. The van der Waals surface area contributed by atoms with Gasteiger partial charge in [0.25, 0.3) is 0 Å². The summed E-state index contributed by atoms with van der Waals surface area (Å²) >= 11 is 0. The summed E-state index contributed by atoms with van der Waals surface area (Å²) in [6.07, 6.45) is 4.39. The van der Waals surface area contributed by atoms with Gasteiger partial charge in [0.1, 0.15) is 0 Å². The molecule has 0 heterocycles. The molecule has 1 aromatic rings. The van der Waals surface area contributed by atoms with Crippen molar-refractivity contribution in [2.75, 3.05) is 6.54 Å². The Bertz CT molecular complexity index is 503. The summed E-state index contributed by atoms with van der Waals surface area (Å²) in [6.45, 7) is 0.604. The Kier molecular flexibility index (Phi) is 3.25. The van der Waals surface area contributed by atoms with Crippen molar-refractivity contribution >= 4 is 5.91 Å². The molecular formula is C16H18N2O. The lowest BCUT2D eigenvalue weighted by Crippen LogP contribution is -2.38. The predicted octanol–water partition coefficient (Wildman–Crippen LogP) is 2.31. The lowest BCUT2D eigenvalue weighted by Gasteiger charge is -2.24. The van der Waals surface area contributed by atoms with Gasteiger partial charge in [-0.2, -0.15) is 5.26 Å². The van der Waals surface area contributed by atoms with Crippen LogP contribution in [0.4, 0.5) is 0 Å². The van der Waals surface area contributed by atoms with E-state index < -0.39 is 0 Å². The van der Waals surface area contributed by atoms with E-state index in [-0.39, 0.29) is 11.8 Å². The maximum absolute atomic E-state index is 12.6. The minimum absolute atomic E-state index is 0.0942. The van der Waals surface area contributed by atoms with Gasteiger partial charge in [-0.1, -0.05) is 24.3 Å². The molecule has 0 aliphatic heterocycles. The third-order valence-corrected chi connectivity index (χ3v) is 4.14. The predicted molar refractivity (Wildman–Crippen MR) is 72.3 cm³/mol. The van der Waals surface area contributed by atoms with Crippen LogP contribution in [-0.2, 0) is 17.6 Å². The monoisotopic (exact) mass is 254 g/mol. The van der Waals surface area contributed by atoms with Gasteiger partial charge in [-0.05, 0) is 36.8 Å². The minimum Gasteiger partial charge on any atom is -0.338 e. The van der Waals surface area contributed by atoms with E-state index in [1.807, 2.05) is 17.0 Å². The molecular weight excluding hydrogens is 236 g/mol. The standard InChI is InChI=1S/C16H18N2O/c17-8-3-9-18(15-6-7-15)16(19)14-10-12-4-1-2-5-13(12)11-14/h1-2,4-5,14-15H,3,6-7,9-11H2. The highest BCUT2D eigenvalue weighted by molar-refractivity contribution is 5.81. The lowest BCUT2D eigenvalue weighted by molar-refractivity contribution is -0.135. The number of carbonyl (C=O) groups excluding carboxylic acids is 1. The van der Waals surface area contributed by atoms with E-state index in [9.17, 15) is 4.79 Å². The Balaban J connectivity index is 1.69. The number of fused-ring (bicyclic) bond motifs is 1. The van der Waals surface area contributed by atoms with Gasteiger partial charge in [0.2, 0.25) is 5.91 Å². The zero-order valence-corrected chi connectivity index (χ0v) is 11.0. The summed E-state index contributed by atoms with van der Waals surface area (Å²) < 4.78 is 0. The van der Waals surface area contributed by atoms with Crippen LogP contribution >= 0.6 is 0 Å². The molecule has 3 rings (SSSR count). The van der Waals surface area contributed by atoms with Crippen LogP contribution in [-0.4, -0.2) is 23.4 Å². The third kappa shape index (κ3) is 2.49. The zero-order chi connectivity index (χ0) is 13.2. The summed E-state index contributed by atoms with van der Waals surface area (Å²) in [5.41, 5.74) is 2.63. The van der Waals surface area contributed by atoms with Crippen molar-refractivity contribution in [3.05, 3.63) is 35.4 Å². The molecule has 2 aliphatic rings. The molecule has 1 aromatic carbocycles. The number of rotatable bonds is 4. The normalized spacial score (nSPS) is 17.8. The van der Waals surface area contributed by atoms with E-state index in [0.717, 1.165) is 25.7 Å². The highest BCUT2D eigenvalue weighted by Gasteiger charge is 2.37. The Labute approximate surface area is 113 Å². The second-order valence-corrected chi connectivity index (χ2v) is 5.54. The number of amides is 1. The first-order valence-corrected chi connectivity index (χ1v) is 7.04. The molecule has 0 unspecified atom stereocenters. The molecule has 3 nitrogen and oxygen atoms in total. The lowest BCUT2D eigenvalue weighted by atomic mass is 10.0. The van der Waals surface area contributed by atoms with Crippen LogP contribution in [0.15, 0.2) is 24.3 Å². The SMILES string of the molecule is N#CCCN(C(=O)C1Cc2ccccc2C1)C1CC1. The van der Waals surface area contributed by atoms with Crippen LogP contribution in [0.2, 0.25) is 0 Å². The summed E-state index contributed by atoms with van der Waals surface area (Å²) in [5, 5.41) is 8.72. The molecule has 0 saturated heterocycles. The van der Waals surface area contributed by atoms with E-state index in [1.165, 1.54) is 11.1 Å². The van der Waals surface area contributed by atoms with E-state index in [1.54, 1.807) is 0 Å². The second kappa shape index (κ2) is 5.05. The first-order valence-electron chi connectivity index (χ1n) is 7.04. The van der Waals surface area contributed by atoms with Crippen LogP contribution in [0.3, 0.4) is 0 Å². The first-order chi connectivity index (χ1) is 9.29. The van der Waals surface area contributed by atoms with Gasteiger partial charge in [0.15, 0.2) is 0 Å². The van der Waals surface area contributed by atoms with Gasteiger partial charge in [0.05, 0.1) is 12.5 Å². The molecule has 19 heavy (non-hydrogen) atoms. The summed E-state index contributed by atoms with van der Waals surface area (Å²) in [7, 11) is 0. The van der Waals surface area contributed by atoms with Crippen LogP contribution in [0, 0.1) is 17.2 Å². The van der Waals surface area contributed by atoms with Gasteiger partial charge in [-0.25, -0.2) is 0 Å². The number of nitriles is 1. The highest BCUT2D eigenvalue weighted by atomic mass is 16.2. The van der Waals surface area contributed by atoms with Crippen molar-refractivity contribution in [3.63, 3.8) is 0 Å². The zero-order valence-electron chi connectivity index (χ0n) is 11.0. The largest absolute Gasteiger partial charge is 0.338 e. The number of carbonyl (C=O) groups is 1. The molecule has 1 fully saturated rings. The van der Waals surface area contributed by atoms with Gasteiger partial charge in [-0.3, -0.25) is 4.79 Å². The van der Waals surface area contributed by atoms with E-state index in [0.29, 0.717) is 19.0 Å². The summed E-state index contributed by atoms with van der Waals surface area (Å²) in [5.74, 6) is 0.352. The third-order valence-electron chi connectivity index (χ3n) is 4.14. The molecule has 3 heteroatoms. The number of hydrogen-bond donors (Lipinski definition) is 0. The Hall–Kier alpha value is -1.82. The van der Waals surface area contributed by atoms with Crippen LogP contribution in [0.5, 0.6) is 0 Å². The van der Waals surface area contributed by atoms with E-state index in [4.69, 9.17) is 5.26 Å². The molecule has 2 aliphatic carbocycles. The van der Waals surface area contributed by atoms with Crippen LogP contribution in [0.25, 0.3) is 0 Å². The fraction of sp³-hybridized carbons (Fsp3) is 0.500. The summed E-state index contributed by atoms with van der Waals surface area (Å²) in [4.78, 5) is 14.6. The Morgan fingerprint density at radius 3 is 2.42 bits per heavy atom. The Morgan fingerprint density at radius 2 is 1.89 bits per heavy atom. The molecule has 0 radical (unpaired) electrons. The van der Waals surface area contributed by atoms with Crippen molar-refractivity contribution in [1.29, 1.82) is 5.26 Å². The van der Waals surface area contributed by atoms with Crippen molar-refractivity contribution in [2.24, 2.45) is 5.92 Å².